The Morgan fingerprint density at radius 2 is 1.97 bits per heavy atom. The first-order chi connectivity index (χ1) is 16.6. The Morgan fingerprint density at radius 1 is 1.12 bits per heavy atom. The van der Waals surface area contributed by atoms with Gasteiger partial charge in [-0.15, -0.1) is 0 Å². The van der Waals surface area contributed by atoms with E-state index in [9.17, 15) is 5.11 Å². The molecule has 1 aliphatic carbocycles. The molecule has 9 nitrogen and oxygen atoms in total. The van der Waals surface area contributed by atoms with Crippen LogP contribution in [0.2, 0.25) is 0 Å². The largest absolute Gasteiger partial charge is 0.493 e. The summed E-state index contributed by atoms with van der Waals surface area (Å²) >= 11 is 0. The first-order valence-corrected chi connectivity index (χ1v) is 11.9. The van der Waals surface area contributed by atoms with E-state index in [0.29, 0.717) is 17.5 Å². The van der Waals surface area contributed by atoms with Crippen LogP contribution in [0.3, 0.4) is 0 Å². The molecule has 2 aliphatic rings. The maximum atomic E-state index is 9.80. The Morgan fingerprint density at radius 3 is 2.76 bits per heavy atom. The van der Waals surface area contributed by atoms with Crippen molar-refractivity contribution in [2.45, 2.75) is 51.5 Å². The number of hydrogen-bond acceptors (Lipinski definition) is 8. The molecule has 34 heavy (non-hydrogen) atoms. The van der Waals surface area contributed by atoms with Crippen LogP contribution in [0.25, 0.3) is 5.69 Å². The summed E-state index contributed by atoms with van der Waals surface area (Å²) in [5.74, 6) is 3.64. The Bertz CT molecular complexity index is 1180. The van der Waals surface area contributed by atoms with Crippen LogP contribution in [0.1, 0.15) is 42.5 Å². The molecule has 5 rings (SSSR count). The van der Waals surface area contributed by atoms with Gasteiger partial charge in [0.25, 0.3) is 0 Å². The summed E-state index contributed by atoms with van der Waals surface area (Å²) in [6, 6.07) is 4.06. The zero-order chi connectivity index (χ0) is 23.7. The Balaban J connectivity index is 1.46. The van der Waals surface area contributed by atoms with Gasteiger partial charge in [0.1, 0.15) is 18.0 Å². The SMILES string of the molecule is COc1cc(-n2cnc(Nc3nc(N4CCC[C@H]4CO)nc4c3CCCC4)c2)cc(C)c1OC. The number of methoxy groups -OCH3 is 2. The number of aliphatic hydroxyl groups is 1. The minimum Gasteiger partial charge on any atom is -0.493 e. The summed E-state index contributed by atoms with van der Waals surface area (Å²) in [6.45, 7) is 2.99. The molecule has 3 aromatic rings. The second-order valence-corrected chi connectivity index (χ2v) is 8.97. The fraction of sp³-hybridized carbons (Fsp3) is 0.480. The molecule has 0 amide bonds. The van der Waals surface area contributed by atoms with E-state index in [1.54, 1.807) is 20.5 Å². The zero-order valence-electron chi connectivity index (χ0n) is 20.0. The van der Waals surface area contributed by atoms with Gasteiger partial charge in [-0.05, 0) is 57.1 Å². The number of benzene rings is 1. The Hall–Kier alpha value is -3.33. The topological polar surface area (TPSA) is 97.6 Å². The van der Waals surface area contributed by atoms with E-state index in [1.807, 2.05) is 29.8 Å². The fourth-order valence-corrected chi connectivity index (χ4v) is 5.04. The molecule has 3 heterocycles. The smallest absolute Gasteiger partial charge is 0.227 e. The Labute approximate surface area is 199 Å². The molecular formula is C25H32N6O3. The standard InChI is InChI=1S/C25H32N6O3/c1-16-11-18(12-21(33-2)23(16)34-3)30-13-22(26-15-30)28-24-19-8-4-5-9-20(19)27-25(29-24)31-10-6-7-17(31)14-32/h11-13,15,17,32H,4-10,14H2,1-3H3,(H,27,28,29)/t17-/m0/s1. The van der Waals surface area contributed by atoms with Crippen molar-refractivity contribution in [1.82, 2.24) is 19.5 Å². The molecule has 0 bridgehead atoms. The van der Waals surface area contributed by atoms with E-state index in [-0.39, 0.29) is 12.6 Å². The van der Waals surface area contributed by atoms with Crippen molar-refractivity contribution in [2.24, 2.45) is 0 Å². The van der Waals surface area contributed by atoms with Crippen LogP contribution in [0.5, 0.6) is 11.5 Å². The number of nitrogens with zero attached hydrogens (tertiary/aromatic N) is 5. The second kappa shape index (κ2) is 9.50. The van der Waals surface area contributed by atoms with E-state index in [4.69, 9.17) is 19.4 Å². The maximum Gasteiger partial charge on any atom is 0.227 e. The minimum absolute atomic E-state index is 0.0852. The fourth-order valence-electron chi connectivity index (χ4n) is 5.04. The zero-order valence-corrected chi connectivity index (χ0v) is 20.0. The molecule has 1 aliphatic heterocycles. The van der Waals surface area contributed by atoms with Crippen molar-refractivity contribution in [3.63, 3.8) is 0 Å². The molecule has 1 aromatic carbocycles. The number of fused-ring (bicyclic) bond motifs is 1. The van der Waals surface area contributed by atoms with Crippen molar-refractivity contribution < 1.29 is 14.6 Å². The van der Waals surface area contributed by atoms with E-state index in [0.717, 1.165) is 73.6 Å². The lowest BCUT2D eigenvalue weighted by Crippen LogP contribution is -2.34. The van der Waals surface area contributed by atoms with Crippen LogP contribution < -0.4 is 19.7 Å². The number of imidazole rings is 1. The molecular weight excluding hydrogens is 432 g/mol. The minimum atomic E-state index is 0.0852. The third kappa shape index (κ3) is 4.16. The average molecular weight is 465 g/mol. The van der Waals surface area contributed by atoms with Gasteiger partial charge >= 0.3 is 0 Å². The lowest BCUT2D eigenvalue weighted by atomic mass is 9.96. The quantitative estimate of drug-likeness (QED) is 0.548. The van der Waals surface area contributed by atoms with Crippen molar-refractivity contribution in [3.8, 4) is 17.2 Å². The van der Waals surface area contributed by atoms with Crippen molar-refractivity contribution >= 4 is 17.6 Å². The van der Waals surface area contributed by atoms with Gasteiger partial charge in [0.15, 0.2) is 11.5 Å². The van der Waals surface area contributed by atoms with Crippen molar-refractivity contribution in [3.05, 3.63) is 41.5 Å². The molecule has 2 N–H and O–H groups in total. The number of aryl methyl sites for hydroxylation is 2. The molecule has 0 saturated carbocycles. The lowest BCUT2D eigenvalue weighted by Gasteiger charge is -2.26. The van der Waals surface area contributed by atoms with E-state index in [2.05, 4.69) is 15.2 Å². The number of rotatable bonds is 7. The number of nitrogens with one attached hydrogen (secondary N) is 1. The van der Waals surface area contributed by atoms with Gasteiger partial charge in [-0.2, -0.15) is 4.98 Å². The molecule has 1 atom stereocenters. The molecule has 0 spiro atoms. The summed E-state index contributed by atoms with van der Waals surface area (Å²) in [5.41, 5.74) is 4.20. The Kier molecular flexibility index (Phi) is 6.28. The van der Waals surface area contributed by atoms with E-state index in [1.165, 1.54) is 5.56 Å². The van der Waals surface area contributed by atoms with E-state index < -0.39 is 0 Å². The van der Waals surface area contributed by atoms with Crippen LogP contribution in [-0.2, 0) is 12.8 Å². The molecule has 2 aromatic heterocycles. The summed E-state index contributed by atoms with van der Waals surface area (Å²) in [6.07, 6.45) is 9.92. The van der Waals surface area contributed by atoms with Crippen LogP contribution >= 0.6 is 0 Å². The number of hydrogen-bond donors (Lipinski definition) is 2. The van der Waals surface area contributed by atoms with Crippen LogP contribution in [0.4, 0.5) is 17.6 Å². The average Bonchev–Trinajstić information content (AvgIpc) is 3.53. The third-order valence-electron chi connectivity index (χ3n) is 6.79. The van der Waals surface area contributed by atoms with Gasteiger partial charge in [-0.3, -0.25) is 0 Å². The number of ether oxygens (including phenoxy) is 2. The van der Waals surface area contributed by atoms with Crippen molar-refractivity contribution in [2.75, 3.05) is 37.6 Å². The first kappa shape index (κ1) is 22.5. The van der Waals surface area contributed by atoms with Gasteiger partial charge in [0.2, 0.25) is 5.95 Å². The molecule has 1 saturated heterocycles. The summed E-state index contributed by atoms with van der Waals surface area (Å²) in [4.78, 5) is 16.6. The molecule has 0 radical (unpaired) electrons. The van der Waals surface area contributed by atoms with E-state index >= 15 is 0 Å². The third-order valence-corrected chi connectivity index (χ3v) is 6.79. The summed E-state index contributed by atoms with van der Waals surface area (Å²) < 4.78 is 12.9. The molecule has 0 unspecified atom stereocenters. The predicted molar refractivity (Wildman–Crippen MR) is 131 cm³/mol. The molecule has 180 valence electrons. The normalized spacial score (nSPS) is 17.5. The highest BCUT2D eigenvalue weighted by Crippen LogP contribution is 2.34. The highest BCUT2D eigenvalue weighted by molar-refractivity contribution is 5.61. The monoisotopic (exact) mass is 464 g/mol. The number of aromatic nitrogens is 4. The van der Waals surface area contributed by atoms with Gasteiger partial charge < -0.3 is 29.4 Å². The first-order valence-electron chi connectivity index (χ1n) is 11.9. The highest BCUT2D eigenvalue weighted by Gasteiger charge is 2.28. The summed E-state index contributed by atoms with van der Waals surface area (Å²) in [7, 11) is 3.28. The summed E-state index contributed by atoms with van der Waals surface area (Å²) in [5, 5.41) is 13.3. The van der Waals surface area contributed by atoms with Gasteiger partial charge in [0.05, 0.1) is 44.4 Å². The molecule has 9 heteroatoms. The van der Waals surface area contributed by atoms with Crippen LogP contribution in [0.15, 0.2) is 24.7 Å². The lowest BCUT2D eigenvalue weighted by molar-refractivity contribution is 0.265. The number of anilines is 3. The number of aliphatic hydroxyl groups excluding tert-OH is 1. The highest BCUT2D eigenvalue weighted by atomic mass is 16.5. The van der Waals surface area contributed by atoms with Crippen LogP contribution in [-0.4, -0.2) is 58.0 Å². The van der Waals surface area contributed by atoms with Gasteiger partial charge in [-0.1, -0.05) is 0 Å². The molecule has 1 fully saturated rings. The predicted octanol–water partition coefficient (Wildman–Crippen LogP) is 3.57. The second-order valence-electron chi connectivity index (χ2n) is 8.97. The maximum absolute atomic E-state index is 9.80. The van der Waals surface area contributed by atoms with Crippen molar-refractivity contribution in [1.29, 1.82) is 0 Å². The van der Waals surface area contributed by atoms with Gasteiger partial charge in [-0.25, -0.2) is 9.97 Å². The van der Waals surface area contributed by atoms with Gasteiger partial charge in [0, 0.05) is 18.2 Å². The van der Waals surface area contributed by atoms with Crippen LogP contribution in [0, 0.1) is 6.92 Å².